The number of benzene rings is 1. The first kappa shape index (κ1) is 20.3. The molecule has 0 fully saturated rings. The molecule has 0 unspecified atom stereocenters. The second kappa shape index (κ2) is 7.87. The molecule has 0 aliphatic heterocycles. The van der Waals surface area contributed by atoms with Gasteiger partial charge >= 0.3 is 6.18 Å². The Morgan fingerprint density at radius 1 is 1.17 bits per heavy atom. The molecule has 2 aromatic heterocycles. The smallest absolute Gasteiger partial charge is 0.337 e. The molecule has 0 spiro atoms. The Morgan fingerprint density at radius 3 is 2.41 bits per heavy atom. The van der Waals surface area contributed by atoms with Crippen LogP contribution in [0.3, 0.4) is 0 Å². The monoisotopic (exact) mass is 403 g/mol. The van der Waals surface area contributed by atoms with Crippen LogP contribution in [0.25, 0.3) is 11.4 Å². The zero-order chi connectivity index (χ0) is 21.2. The molecular weight excluding hydrogens is 387 g/mol. The van der Waals surface area contributed by atoms with E-state index in [9.17, 15) is 23.2 Å². The number of nitriles is 1. The Kier molecular flexibility index (Phi) is 5.50. The highest BCUT2D eigenvalue weighted by molar-refractivity contribution is 5.54. The lowest BCUT2D eigenvalue weighted by Gasteiger charge is -2.10. The van der Waals surface area contributed by atoms with Gasteiger partial charge in [0.1, 0.15) is 18.2 Å². The average molecular weight is 403 g/mol. The van der Waals surface area contributed by atoms with Crippen LogP contribution in [-0.2, 0) is 25.6 Å². The van der Waals surface area contributed by atoms with Crippen LogP contribution in [0, 0.1) is 11.3 Å². The van der Waals surface area contributed by atoms with Crippen LogP contribution >= 0.6 is 0 Å². The molecule has 2 heterocycles. The van der Waals surface area contributed by atoms with Crippen molar-refractivity contribution in [2.24, 2.45) is 0 Å². The van der Waals surface area contributed by atoms with Gasteiger partial charge in [0, 0.05) is 5.56 Å². The van der Waals surface area contributed by atoms with Crippen LogP contribution in [-0.4, -0.2) is 19.9 Å². The molecule has 7 nitrogen and oxygen atoms in total. The molecule has 150 valence electrons. The summed E-state index contributed by atoms with van der Waals surface area (Å²) in [6.07, 6.45) is -3.39. The van der Waals surface area contributed by atoms with Crippen molar-refractivity contribution in [1.29, 1.82) is 5.26 Å². The first-order valence-electron chi connectivity index (χ1n) is 8.81. The number of aryl methyl sites for hydroxylation is 1. The molecular formula is C19H16F3N5O2. The Morgan fingerprint density at radius 2 is 1.86 bits per heavy atom. The van der Waals surface area contributed by atoms with Crippen molar-refractivity contribution < 1.29 is 17.7 Å². The highest BCUT2D eigenvalue weighted by atomic mass is 19.4. The van der Waals surface area contributed by atoms with Crippen molar-refractivity contribution in [1.82, 2.24) is 19.9 Å². The summed E-state index contributed by atoms with van der Waals surface area (Å²) in [6, 6.07) is 6.25. The fraction of sp³-hybridized carbons (Fsp3) is 0.316. The topological polar surface area (TPSA) is 97.6 Å². The van der Waals surface area contributed by atoms with Crippen molar-refractivity contribution in [3.63, 3.8) is 0 Å². The van der Waals surface area contributed by atoms with E-state index in [1.54, 1.807) is 0 Å². The third-order valence-corrected chi connectivity index (χ3v) is 4.36. The molecule has 0 N–H and O–H groups in total. The highest BCUT2D eigenvalue weighted by Crippen LogP contribution is 2.30. The van der Waals surface area contributed by atoms with Gasteiger partial charge in [-0.1, -0.05) is 31.1 Å². The summed E-state index contributed by atoms with van der Waals surface area (Å²) in [7, 11) is 0. The van der Waals surface area contributed by atoms with Gasteiger partial charge in [-0.25, -0.2) is 4.68 Å². The first-order valence-corrected chi connectivity index (χ1v) is 8.81. The van der Waals surface area contributed by atoms with Crippen LogP contribution < -0.4 is 5.56 Å². The number of hydrogen-bond acceptors (Lipinski definition) is 6. The van der Waals surface area contributed by atoms with E-state index < -0.39 is 17.3 Å². The SMILES string of the molecule is CCc1nn(Cc2nc(-c3ccc(C(F)(F)F)cc3)no2)c(=O)c(C#N)c1CC. The molecule has 0 aliphatic rings. The van der Waals surface area contributed by atoms with Gasteiger partial charge in [0.05, 0.1) is 11.3 Å². The number of alkyl halides is 3. The van der Waals surface area contributed by atoms with E-state index >= 15 is 0 Å². The molecule has 10 heteroatoms. The Bertz CT molecular complexity index is 1120. The minimum atomic E-state index is -4.44. The van der Waals surface area contributed by atoms with Gasteiger partial charge in [-0.2, -0.15) is 28.5 Å². The van der Waals surface area contributed by atoms with Gasteiger partial charge in [-0.3, -0.25) is 4.79 Å². The number of nitrogens with zero attached hydrogens (tertiary/aromatic N) is 5. The van der Waals surface area contributed by atoms with Crippen molar-refractivity contribution in [2.45, 2.75) is 39.4 Å². The Balaban J connectivity index is 1.91. The number of aromatic nitrogens is 4. The molecule has 0 bridgehead atoms. The zero-order valence-electron chi connectivity index (χ0n) is 15.6. The van der Waals surface area contributed by atoms with Crippen molar-refractivity contribution in [3.8, 4) is 17.5 Å². The molecule has 0 aliphatic carbocycles. The molecule has 0 radical (unpaired) electrons. The van der Waals surface area contributed by atoms with Gasteiger partial charge < -0.3 is 4.52 Å². The maximum Gasteiger partial charge on any atom is 0.416 e. The summed E-state index contributed by atoms with van der Waals surface area (Å²) in [5.74, 6) is 0.132. The Hall–Kier alpha value is -3.48. The molecule has 0 atom stereocenters. The van der Waals surface area contributed by atoms with E-state index in [1.807, 2.05) is 19.9 Å². The summed E-state index contributed by atoms with van der Waals surface area (Å²) in [6.45, 7) is 3.56. The fourth-order valence-corrected chi connectivity index (χ4v) is 2.91. The first-order chi connectivity index (χ1) is 13.8. The fourth-order valence-electron chi connectivity index (χ4n) is 2.91. The summed E-state index contributed by atoms with van der Waals surface area (Å²) < 4.78 is 44.2. The standard InChI is InChI=1S/C19H16F3N5O2/c1-3-13-14(9-23)18(28)27(25-15(13)4-2)10-16-24-17(26-29-16)11-5-7-12(8-6-11)19(20,21)22/h5-8H,3-4,10H2,1-2H3. The quantitative estimate of drug-likeness (QED) is 0.648. The summed E-state index contributed by atoms with van der Waals surface area (Å²) in [5.41, 5.74) is 0.269. The van der Waals surface area contributed by atoms with E-state index in [0.717, 1.165) is 16.8 Å². The van der Waals surface area contributed by atoms with Crippen LogP contribution in [0.15, 0.2) is 33.6 Å². The predicted molar refractivity (Wildman–Crippen MR) is 95.8 cm³/mol. The third kappa shape index (κ3) is 4.03. The van der Waals surface area contributed by atoms with Crippen LogP contribution in [0.5, 0.6) is 0 Å². The minimum Gasteiger partial charge on any atom is -0.337 e. The molecule has 0 saturated carbocycles. The van der Waals surface area contributed by atoms with Crippen molar-refractivity contribution >= 4 is 0 Å². The molecule has 3 rings (SSSR count). The second-order valence-electron chi connectivity index (χ2n) is 6.17. The Labute approximate surface area is 163 Å². The van der Waals surface area contributed by atoms with Gasteiger partial charge in [0.25, 0.3) is 5.56 Å². The van der Waals surface area contributed by atoms with Gasteiger partial charge in [0.15, 0.2) is 0 Å². The zero-order valence-corrected chi connectivity index (χ0v) is 15.6. The number of rotatable bonds is 5. The maximum absolute atomic E-state index is 12.7. The summed E-state index contributed by atoms with van der Waals surface area (Å²) in [4.78, 5) is 16.7. The summed E-state index contributed by atoms with van der Waals surface area (Å²) >= 11 is 0. The average Bonchev–Trinajstić information content (AvgIpc) is 3.17. The van der Waals surface area contributed by atoms with E-state index in [0.29, 0.717) is 29.7 Å². The van der Waals surface area contributed by atoms with E-state index in [2.05, 4.69) is 15.2 Å². The van der Waals surface area contributed by atoms with E-state index in [1.165, 1.54) is 12.1 Å². The van der Waals surface area contributed by atoms with Gasteiger partial charge in [0.2, 0.25) is 11.7 Å². The largest absolute Gasteiger partial charge is 0.416 e. The molecule has 1 aromatic carbocycles. The maximum atomic E-state index is 12.7. The third-order valence-electron chi connectivity index (χ3n) is 4.36. The second-order valence-corrected chi connectivity index (χ2v) is 6.17. The van der Waals surface area contributed by atoms with Crippen LogP contribution in [0.2, 0.25) is 0 Å². The molecule has 0 saturated heterocycles. The molecule has 29 heavy (non-hydrogen) atoms. The van der Waals surface area contributed by atoms with Crippen molar-refractivity contribution in [3.05, 3.63) is 62.9 Å². The van der Waals surface area contributed by atoms with Crippen LogP contribution in [0.1, 0.15) is 42.1 Å². The summed E-state index contributed by atoms with van der Waals surface area (Å²) in [5, 5.41) is 17.4. The van der Waals surface area contributed by atoms with E-state index in [-0.39, 0.29) is 23.8 Å². The van der Waals surface area contributed by atoms with Gasteiger partial charge in [-0.05, 0) is 30.5 Å². The van der Waals surface area contributed by atoms with Crippen molar-refractivity contribution in [2.75, 3.05) is 0 Å². The van der Waals surface area contributed by atoms with E-state index in [4.69, 9.17) is 4.52 Å². The lowest BCUT2D eigenvalue weighted by atomic mass is 10.0. The lowest BCUT2D eigenvalue weighted by Crippen LogP contribution is -2.29. The molecule has 0 amide bonds. The minimum absolute atomic E-state index is 0.0295. The number of hydrogen-bond donors (Lipinski definition) is 0. The lowest BCUT2D eigenvalue weighted by molar-refractivity contribution is -0.137. The van der Waals surface area contributed by atoms with Crippen LogP contribution in [0.4, 0.5) is 13.2 Å². The molecule has 3 aromatic rings. The number of halogens is 3. The predicted octanol–water partition coefficient (Wildman–Crippen LogP) is 3.36. The van der Waals surface area contributed by atoms with Gasteiger partial charge in [-0.15, -0.1) is 0 Å². The highest BCUT2D eigenvalue weighted by Gasteiger charge is 2.30. The normalized spacial score (nSPS) is 11.4.